The molecule has 3 aromatic carbocycles. The number of amides is 1. The van der Waals surface area contributed by atoms with Gasteiger partial charge in [-0.05, 0) is 35.1 Å². The van der Waals surface area contributed by atoms with Gasteiger partial charge in [0.2, 0.25) is 0 Å². The van der Waals surface area contributed by atoms with Gasteiger partial charge in [-0.3, -0.25) is 4.79 Å². The molecule has 1 saturated heterocycles. The first-order valence-electron chi connectivity index (χ1n) is 14.3. The molecule has 3 heterocycles. The largest absolute Gasteiger partial charge is 0.354 e. The molecule has 0 unspecified atom stereocenters. The van der Waals surface area contributed by atoms with Crippen molar-refractivity contribution in [3.63, 3.8) is 0 Å². The second-order valence-corrected chi connectivity index (χ2v) is 11.7. The summed E-state index contributed by atoms with van der Waals surface area (Å²) in [7, 11) is 0. The lowest BCUT2D eigenvalue weighted by molar-refractivity contribution is 0.0767. The lowest BCUT2D eigenvalue weighted by Crippen LogP contribution is -2.35. The second kappa shape index (κ2) is 11.2. The monoisotopic (exact) mass is 545 g/mol. The fourth-order valence-electron chi connectivity index (χ4n) is 5.39. The number of fused-ring (bicyclic) bond motifs is 1. The third-order valence-electron chi connectivity index (χ3n) is 7.70. The van der Waals surface area contributed by atoms with E-state index in [9.17, 15) is 4.79 Å². The van der Waals surface area contributed by atoms with E-state index in [1.54, 1.807) is 0 Å². The highest BCUT2D eigenvalue weighted by molar-refractivity contribution is 5.98. The first-order valence-corrected chi connectivity index (χ1v) is 14.3. The van der Waals surface area contributed by atoms with E-state index < -0.39 is 0 Å². The Bertz CT molecular complexity index is 1640. The van der Waals surface area contributed by atoms with Crippen molar-refractivity contribution in [2.45, 2.75) is 39.0 Å². The van der Waals surface area contributed by atoms with Crippen LogP contribution >= 0.6 is 0 Å². The fourth-order valence-corrected chi connectivity index (χ4v) is 5.39. The molecular formula is C34H35N5O2. The highest BCUT2D eigenvalue weighted by Gasteiger charge is 2.26. The maximum absolute atomic E-state index is 13.2. The Morgan fingerprint density at radius 1 is 0.829 bits per heavy atom. The standard InChI is InChI=1S/C34H35N5O2/c1-34(2,3)27-17-15-25(16-18-27)30-29-31(35-28(36-32(29)41-37-30)23-24-11-6-4-7-12-24)38-19-10-20-39(22-21-38)33(40)26-13-8-5-9-14-26/h4-9,11-18H,10,19-23H2,1-3H3. The molecule has 0 radical (unpaired) electrons. The van der Waals surface area contributed by atoms with Crippen LogP contribution in [-0.4, -0.2) is 52.1 Å². The number of carbonyl (C=O) groups excluding carboxylic acids is 1. The lowest BCUT2D eigenvalue weighted by atomic mass is 9.86. The zero-order chi connectivity index (χ0) is 28.4. The van der Waals surface area contributed by atoms with Gasteiger partial charge in [-0.1, -0.05) is 98.7 Å². The van der Waals surface area contributed by atoms with Gasteiger partial charge in [-0.25, -0.2) is 4.98 Å². The predicted octanol–water partition coefficient (Wildman–Crippen LogP) is 6.53. The summed E-state index contributed by atoms with van der Waals surface area (Å²) in [6, 6.07) is 28.2. The lowest BCUT2D eigenvalue weighted by Gasteiger charge is -2.24. The Morgan fingerprint density at radius 3 is 2.24 bits per heavy atom. The van der Waals surface area contributed by atoms with Gasteiger partial charge in [0.25, 0.3) is 11.6 Å². The molecule has 0 bridgehead atoms. The van der Waals surface area contributed by atoms with Crippen LogP contribution in [0.5, 0.6) is 0 Å². The van der Waals surface area contributed by atoms with E-state index in [0.29, 0.717) is 37.6 Å². The first kappa shape index (κ1) is 26.7. The molecule has 0 spiro atoms. The van der Waals surface area contributed by atoms with Gasteiger partial charge in [0, 0.05) is 43.7 Å². The van der Waals surface area contributed by atoms with Gasteiger partial charge in [0.05, 0.1) is 0 Å². The molecule has 0 aliphatic carbocycles. The smallest absolute Gasteiger partial charge is 0.263 e. The van der Waals surface area contributed by atoms with Crippen LogP contribution in [0.3, 0.4) is 0 Å². The third-order valence-corrected chi connectivity index (χ3v) is 7.70. The van der Waals surface area contributed by atoms with Crippen LogP contribution in [0.15, 0.2) is 89.5 Å². The highest BCUT2D eigenvalue weighted by Crippen LogP contribution is 2.35. The van der Waals surface area contributed by atoms with Crippen LogP contribution in [0.25, 0.3) is 22.4 Å². The molecule has 0 atom stereocenters. The molecule has 41 heavy (non-hydrogen) atoms. The molecule has 5 aromatic rings. The Morgan fingerprint density at radius 2 is 1.54 bits per heavy atom. The number of rotatable bonds is 5. The molecule has 7 nitrogen and oxygen atoms in total. The van der Waals surface area contributed by atoms with Gasteiger partial charge in [-0.2, -0.15) is 4.98 Å². The van der Waals surface area contributed by atoms with Gasteiger partial charge >= 0.3 is 0 Å². The minimum absolute atomic E-state index is 0.0557. The van der Waals surface area contributed by atoms with E-state index in [4.69, 9.17) is 14.5 Å². The number of benzene rings is 3. The molecule has 0 N–H and O–H groups in total. The van der Waals surface area contributed by atoms with Crippen LogP contribution in [0.2, 0.25) is 0 Å². The molecule has 6 rings (SSSR count). The van der Waals surface area contributed by atoms with E-state index in [-0.39, 0.29) is 11.3 Å². The summed E-state index contributed by atoms with van der Waals surface area (Å²) in [4.78, 5) is 27.3. The minimum atomic E-state index is 0.0557. The van der Waals surface area contributed by atoms with E-state index in [1.165, 1.54) is 5.56 Å². The van der Waals surface area contributed by atoms with Crippen molar-refractivity contribution in [2.24, 2.45) is 0 Å². The summed E-state index contributed by atoms with van der Waals surface area (Å²) < 4.78 is 5.87. The van der Waals surface area contributed by atoms with Gasteiger partial charge in [0.15, 0.2) is 0 Å². The SMILES string of the molecule is CC(C)(C)c1ccc(-c2noc3nc(Cc4ccccc4)nc(N4CCCN(C(=O)c5ccccc5)CC4)c23)cc1. The summed E-state index contributed by atoms with van der Waals surface area (Å²) in [5.41, 5.74) is 5.35. The number of nitrogens with zero attached hydrogens (tertiary/aromatic N) is 5. The number of aromatic nitrogens is 3. The van der Waals surface area contributed by atoms with Crippen LogP contribution < -0.4 is 4.90 Å². The first-order chi connectivity index (χ1) is 19.9. The fraction of sp³-hybridized carbons (Fsp3) is 0.294. The Hall–Kier alpha value is -4.52. The molecule has 7 heteroatoms. The summed E-state index contributed by atoms with van der Waals surface area (Å²) in [6.07, 6.45) is 1.42. The Balaban J connectivity index is 1.37. The maximum atomic E-state index is 13.2. The van der Waals surface area contributed by atoms with Crippen molar-refractivity contribution in [3.05, 3.63) is 107 Å². The molecule has 0 saturated carbocycles. The topological polar surface area (TPSA) is 75.4 Å². The van der Waals surface area contributed by atoms with Crippen molar-refractivity contribution in [2.75, 3.05) is 31.1 Å². The van der Waals surface area contributed by atoms with Gasteiger partial charge in [-0.15, -0.1) is 0 Å². The summed E-state index contributed by atoms with van der Waals surface area (Å²) in [5.74, 6) is 1.56. The van der Waals surface area contributed by atoms with Crippen LogP contribution in [0.4, 0.5) is 5.82 Å². The zero-order valence-electron chi connectivity index (χ0n) is 23.9. The third kappa shape index (κ3) is 5.71. The molecule has 1 aliphatic rings. The predicted molar refractivity (Wildman–Crippen MR) is 162 cm³/mol. The second-order valence-electron chi connectivity index (χ2n) is 11.7. The van der Waals surface area contributed by atoms with E-state index in [0.717, 1.165) is 46.6 Å². The molecule has 1 amide bonds. The van der Waals surface area contributed by atoms with Gasteiger partial charge in [0.1, 0.15) is 22.7 Å². The van der Waals surface area contributed by atoms with Crippen LogP contribution in [0.1, 0.15) is 54.5 Å². The number of hydrogen-bond acceptors (Lipinski definition) is 6. The van der Waals surface area contributed by atoms with Crippen molar-refractivity contribution in [1.82, 2.24) is 20.0 Å². The summed E-state index contributed by atoms with van der Waals surface area (Å²) in [6.45, 7) is 9.34. The summed E-state index contributed by atoms with van der Waals surface area (Å²) in [5, 5.41) is 5.31. The van der Waals surface area contributed by atoms with E-state index >= 15 is 0 Å². The van der Waals surface area contributed by atoms with Crippen molar-refractivity contribution >= 4 is 22.8 Å². The van der Waals surface area contributed by atoms with E-state index in [2.05, 4.69) is 67.2 Å². The summed E-state index contributed by atoms with van der Waals surface area (Å²) >= 11 is 0. The molecular weight excluding hydrogens is 510 g/mol. The van der Waals surface area contributed by atoms with E-state index in [1.807, 2.05) is 53.4 Å². The molecule has 1 aliphatic heterocycles. The molecule has 208 valence electrons. The number of anilines is 1. The Labute approximate surface area is 240 Å². The van der Waals surface area contributed by atoms with Crippen LogP contribution in [-0.2, 0) is 11.8 Å². The number of carbonyl (C=O) groups is 1. The number of hydrogen-bond donors (Lipinski definition) is 0. The van der Waals surface area contributed by atoms with Crippen LogP contribution in [0, 0.1) is 0 Å². The molecule has 1 fully saturated rings. The van der Waals surface area contributed by atoms with Crippen molar-refractivity contribution in [1.29, 1.82) is 0 Å². The van der Waals surface area contributed by atoms with Crippen molar-refractivity contribution in [3.8, 4) is 11.3 Å². The normalized spacial score (nSPS) is 14.3. The Kier molecular flexibility index (Phi) is 7.26. The van der Waals surface area contributed by atoms with Crippen molar-refractivity contribution < 1.29 is 9.32 Å². The maximum Gasteiger partial charge on any atom is 0.263 e. The minimum Gasteiger partial charge on any atom is -0.354 e. The average Bonchev–Trinajstić information content (AvgIpc) is 3.26. The average molecular weight is 546 g/mol. The van der Waals surface area contributed by atoms with Gasteiger partial charge < -0.3 is 14.3 Å². The zero-order valence-corrected chi connectivity index (χ0v) is 23.9. The highest BCUT2D eigenvalue weighted by atomic mass is 16.5. The molecule has 2 aromatic heterocycles. The quantitative estimate of drug-likeness (QED) is 0.250.